The molecule has 1 aliphatic heterocycles. The summed E-state index contributed by atoms with van der Waals surface area (Å²) in [6.07, 6.45) is 1.19. The number of fused-ring (bicyclic) bond motifs is 1. The van der Waals surface area contributed by atoms with Crippen molar-refractivity contribution in [3.05, 3.63) is 108 Å². The standard InChI is InChI=1S/C29H33N3/c1-24-23-27-15-8-9-16-28(27)32(24)18-10-17-30-19-21-31(22-20-30)29(25-11-4-2-5-12-25)26-13-6-3-7-14-26/h2-9,11-16,23,29H,10,17-22H2,1H3. The van der Waals surface area contributed by atoms with Gasteiger partial charge >= 0.3 is 0 Å². The summed E-state index contributed by atoms with van der Waals surface area (Å²) in [4.78, 5) is 5.30. The van der Waals surface area contributed by atoms with Gasteiger partial charge in [0.05, 0.1) is 6.04 Å². The lowest BCUT2D eigenvalue weighted by Crippen LogP contribution is -2.48. The smallest absolute Gasteiger partial charge is 0.0602 e. The lowest BCUT2D eigenvalue weighted by molar-refractivity contribution is 0.108. The maximum Gasteiger partial charge on any atom is 0.0602 e. The maximum absolute atomic E-state index is 2.66. The van der Waals surface area contributed by atoms with Crippen LogP contribution in [0.25, 0.3) is 10.9 Å². The van der Waals surface area contributed by atoms with Gasteiger partial charge in [0.15, 0.2) is 0 Å². The maximum atomic E-state index is 2.66. The van der Waals surface area contributed by atoms with Crippen molar-refractivity contribution in [3.8, 4) is 0 Å². The molecule has 3 heteroatoms. The van der Waals surface area contributed by atoms with E-state index in [-0.39, 0.29) is 0 Å². The molecule has 2 heterocycles. The second kappa shape index (κ2) is 9.72. The Hall–Kier alpha value is -2.88. The fourth-order valence-corrected chi connectivity index (χ4v) is 5.23. The van der Waals surface area contributed by atoms with E-state index in [1.807, 2.05) is 0 Å². The number of hydrogen-bond acceptors (Lipinski definition) is 2. The van der Waals surface area contributed by atoms with E-state index in [1.165, 1.54) is 40.7 Å². The highest BCUT2D eigenvalue weighted by Gasteiger charge is 2.26. The second-order valence-corrected chi connectivity index (χ2v) is 8.95. The van der Waals surface area contributed by atoms with E-state index in [2.05, 4.69) is 112 Å². The normalized spacial score (nSPS) is 15.6. The molecule has 3 aromatic carbocycles. The Morgan fingerprint density at radius 2 is 1.28 bits per heavy atom. The van der Waals surface area contributed by atoms with Gasteiger partial charge in [0.25, 0.3) is 0 Å². The summed E-state index contributed by atoms with van der Waals surface area (Å²) < 4.78 is 2.48. The number of hydrogen-bond donors (Lipinski definition) is 0. The summed E-state index contributed by atoms with van der Waals surface area (Å²) >= 11 is 0. The number of rotatable bonds is 7. The second-order valence-electron chi connectivity index (χ2n) is 8.95. The minimum atomic E-state index is 0.341. The van der Waals surface area contributed by atoms with Gasteiger partial charge in [0.2, 0.25) is 0 Å². The van der Waals surface area contributed by atoms with E-state index >= 15 is 0 Å². The highest BCUT2D eigenvalue weighted by Crippen LogP contribution is 2.29. The van der Waals surface area contributed by atoms with Crippen LogP contribution >= 0.6 is 0 Å². The Morgan fingerprint density at radius 1 is 0.688 bits per heavy atom. The molecule has 0 radical (unpaired) electrons. The van der Waals surface area contributed by atoms with Crippen LogP contribution in [0.3, 0.4) is 0 Å². The van der Waals surface area contributed by atoms with Crippen LogP contribution in [0.2, 0.25) is 0 Å². The lowest BCUT2D eigenvalue weighted by atomic mass is 9.96. The topological polar surface area (TPSA) is 11.4 Å². The van der Waals surface area contributed by atoms with Gasteiger partial charge in [-0.25, -0.2) is 0 Å². The molecule has 1 saturated heterocycles. The monoisotopic (exact) mass is 423 g/mol. The third kappa shape index (κ3) is 4.50. The molecular weight excluding hydrogens is 390 g/mol. The summed E-state index contributed by atoms with van der Waals surface area (Å²) in [6.45, 7) is 8.99. The summed E-state index contributed by atoms with van der Waals surface area (Å²) in [5, 5.41) is 1.35. The number of para-hydroxylation sites is 1. The first kappa shape index (κ1) is 21.0. The molecule has 164 valence electrons. The fourth-order valence-electron chi connectivity index (χ4n) is 5.23. The number of piperazine rings is 1. The number of benzene rings is 3. The molecule has 0 spiro atoms. The zero-order chi connectivity index (χ0) is 21.8. The van der Waals surface area contributed by atoms with E-state index in [9.17, 15) is 0 Å². The molecule has 0 unspecified atom stereocenters. The lowest BCUT2D eigenvalue weighted by Gasteiger charge is -2.40. The van der Waals surface area contributed by atoms with Crippen LogP contribution in [0.1, 0.15) is 29.3 Å². The molecule has 1 aromatic heterocycles. The van der Waals surface area contributed by atoms with Crippen molar-refractivity contribution in [1.82, 2.24) is 14.4 Å². The van der Waals surface area contributed by atoms with Crippen LogP contribution in [0, 0.1) is 6.92 Å². The van der Waals surface area contributed by atoms with Crippen molar-refractivity contribution in [3.63, 3.8) is 0 Å². The Labute approximate surface area is 191 Å². The fraction of sp³-hybridized carbons (Fsp3) is 0.310. The van der Waals surface area contributed by atoms with E-state index in [1.54, 1.807) is 0 Å². The first-order chi connectivity index (χ1) is 15.8. The van der Waals surface area contributed by atoms with Gasteiger partial charge in [-0.2, -0.15) is 0 Å². The highest BCUT2D eigenvalue weighted by atomic mass is 15.3. The van der Waals surface area contributed by atoms with Crippen LogP contribution in [-0.2, 0) is 6.54 Å². The van der Waals surface area contributed by atoms with Crippen LogP contribution in [0.15, 0.2) is 91.0 Å². The molecule has 0 atom stereocenters. The van der Waals surface area contributed by atoms with Crippen molar-refractivity contribution in [2.75, 3.05) is 32.7 Å². The molecule has 3 nitrogen and oxygen atoms in total. The highest BCUT2D eigenvalue weighted by molar-refractivity contribution is 5.81. The van der Waals surface area contributed by atoms with Gasteiger partial charge in [-0.3, -0.25) is 4.90 Å². The predicted molar refractivity (Wildman–Crippen MR) is 134 cm³/mol. The molecule has 0 N–H and O–H groups in total. The Morgan fingerprint density at radius 3 is 1.94 bits per heavy atom. The largest absolute Gasteiger partial charge is 0.345 e. The molecular formula is C29H33N3. The molecule has 1 fully saturated rings. The number of aryl methyl sites for hydroxylation is 2. The van der Waals surface area contributed by atoms with E-state index in [0.29, 0.717) is 6.04 Å². The van der Waals surface area contributed by atoms with Gasteiger partial charge in [-0.15, -0.1) is 0 Å². The van der Waals surface area contributed by atoms with Crippen molar-refractivity contribution in [1.29, 1.82) is 0 Å². The molecule has 1 aliphatic rings. The zero-order valence-electron chi connectivity index (χ0n) is 19.0. The minimum Gasteiger partial charge on any atom is -0.345 e. The number of nitrogens with zero attached hydrogens (tertiary/aromatic N) is 3. The van der Waals surface area contributed by atoms with Gasteiger partial charge in [0, 0.05) is 43.9 Å². The van der Waals surface area contributed by atoms with Crippen LogP contribution in [-0.4, -0.2) is 47.1 Å². The van der Waals surface area contributed by atoms with Crippen LogP contribution < -0.4 is 0 Å². The van der Waals surface area contributed by atoms with Crippen molar-refractivity contribution < 1.29 is 0 Å². The van der Waals surface area contributed by atoms with Crippen molar-refractivity contribution in [2.45, 2.75) is 25.9 Å². The molecule has 5 rings (SSSR count). The van der Waals surface area contributed by atoms with Crippen molar-refractivity contribution in [2.24, 2.45) is 0 Å². The molecule has 0 bridgehead atoms. The van der Waals surface area contributed by atoms with Gasteiger partial charge in [-0.1, -0.05) is 78.9 Å². The average Bonchev–Trinajstić information content (AvgIpc) is 3.17. The molecule has 0 saturated carbocycles. The molecule has 4 aromatic rings. The quantitative estimate of drug-likeness (QED) is 0.375. The third-order valence-corrected chi connectivity index (χ3v) is 6.88. The van der Waals surface area contributed by atoms with Gasteiger partial charge in [-0.05, 0) is 48.5 Å². The zero-order valence-corrected chi connectivity index (χ0v) is 19.0. The average molecular weight is 424 g/mol. The molecule has 0 aliphatic carbocycles. The van der Waals surface area contributed by atoms with Crippen LogP contribution in [0.5, 0.6) is 0 Å². The SMILES string of the molecule is Cc1cc2ccccc2n1CCCN1CCN(C(c2ccccc2)c2ccccc2)CC1. The third-order valence-electron chi connectivity index (χ3n) is 6.88. The van der Waals surface area contributed by atoms with Crippen LogP contribution in [0.4, 0.5) is 0 Å². The summed E-state index contributed by atoms with van der Waals surface area (Å²) in [7, 11) is 0. The predicted octanol–water partition coefficient (Wildman–Crippen LogP) is 5.75. The molecule has 0 amide bonds. The number of aromatic nitrogens is 1. The summed E-state index contributed by atoms with van der Waals surface area (Å²) in [5.74, 6) is 0. The van der Waals surface area contributed by atoms with Crippen molar-refractivity contribution >= 4 is 10.9 Å². The van der Waals surface area contributed by atoms with Gasteiger partial charge in [0.1, 0.15) is 0 Å². The Kier molecular flexibility index (Phi) is 6.38. The first-order valence-corrected chi connectivity index (χ1v) is 11.9. The summed E-state index contributed by atoms with van der Waals surface area (Å²) in [5.41, 5.74) is 5.51. The van der Waals surface area contributed by atoms with E-state index < -0.39 is 0 Å². The molecule has 32 heavy (non-hydrogen) atoms. The summed E-state index contributed by atoms with van der Waals surface area (Å²) in [6, 6.07) is 33.3. The Balaban J connectivity index is 1.20. The van der Waals surface area contributed by atoms with E-state index in [0.717, 1.165) is 32.7 Å². The Bertz CT molecular complexity index is 1090. The van der Waals surface area contributed by atoms with Gasteiger partial charge < -0.3 is 9.47 Å². The minimum absolute atomic E-state index is 0.341. The first-order valence-electron chi connectivity index (χ1n) is 11.9. The van der Waals surface area contributed by atoms with E-state index in [4.69, 9.17) is 0 Å².